The molecule has 0 unspecified atom stereocenters. The van der Waals surface area contributed by atoms with Crippen molar-refractivity contribution in [3.05, 3.63) is 60.2 Å². The van der Waals surface area contributed by atoms with E-state index in [4.69, 9.17) is 5.73 Å². The van der Waals surface area contributed by atoms with Crippen molar-refractivity contribution in [1.82, 2.24) is 0 Å². The first-order chi connectivity index (χ1) is 10.6. The van der Waals surface area contributed by atoms with Crippen LogP contribution in [0.5, 0.6) is 0 Å². The van der Waals surface area contributed by atoms with Crippen LogP contribution in [0.2, 0.25) is 0 Å². The molecule has 4 N–H and O–H groups in total. The first-order valence-corrected chi connectivity index (χ1v) is 7.55. The highest BCUT2D eigenvalue weighted by Gasteiger charge is 2.15. The van der Waals surface area contributed by atoms with E-state index in [0.717, 1.165) is 16.9 Å². The van der Waals surface area contributed by atoms with Crippen LogP contribution in [-0.4, -0.2) is 37.9 Å². The fourth-order valence-electron chi connectivity index (χ4n) is 2.27. The molecule has 0 fully saturated rings. The number of hydrogen-bond acceptors (Lipinski definition) is 4. The largest absolute Gasteiger partial charge is 0.390 e. The van der Waals surface area contributed by atoms with Crippen molar-refractivity contribution < 1.29 is 5.11 Å². The Kier molecular flexibility index (Phi) is 5.81. The summed E-state index contributed by atoms with van der Waals surface area (Å²) in [6.07, 6.45) is 0.0808. The predicted octanol–water partition coefficient (Wildman–Crippen LogP) is 2.10. The Morgan fingerprint density at radius 1 is 1.05 bits per heavy atom. The van der Waals surface area contributed by atoms with Crippen molar-refractivity contribution >= 4 is 11.4 Å². The Labute approximate surface area is 132 Å². The van der Waals surface area contributed by atoms with Gasteiger partial charge in [-0.15, -0.1) is 0 Å². The number of aliphatic hydroxyl groups excluding tert-OH is 1. The van der Waals surface area contributed by atoms with Gasteiger partial charge in [-0.1, -0.05) is 30.3 Å². The molecule has 0 bridgehead atoms. The third-order valence-electron chi connectivity index (χ3n) is 3.71. The first kappa shape index (κ1) is 16.3. The average Bonchev–Trinajstić information content (AvgIpc) is 2.53. The summed E-state index contributed by atoms with van der Waals surface area (Å²) in [5.41, 5.74) is 9.35. The molecule has 22 heavy (non-hydrogen) atoms. The molecular formula is C18H25N3O. The van der Waals surface area contributed by atoms with Gasteiger partial charge in [-0.05, 0) is 36.2 Å². The summed E-state index contributed by atoms with van der Waals surface area (Å²) in [5, 5.41) is 13.4. The van der Waals surface area contributed by atoms with Gasteiger partial charge in [-0.3, -0.25) is 0 Å². The summed E-state index contributed by atoms with van der Waals surface area (Å²) < 4.78 is 0. The van der Waals surface area contributed by atoms with E-state index in [9.17, 15) is 5.11 Å². The van der Waals surface area contributed by atoms with Gasteiger partial charge in [0.15, 0.2) is 0 Å². The zero-order valence-electron chi connectivity index (χ0n) is 13.2. The zero-order valence-corrected chi connectivity index (χ0v) is 13.2. The van der Waals surface area contributed by atoms with Crippen LogP contribution < -0.4 is 16.0 Å². The van der Waals surface area contributed by atoms with Crippen LogP contribution in [0, 0.1) is 0 Å². The molecule has 0 saturated heterocycles. The molecule has 0 aromatic heterocycles. The molecule has 0 spiro atoms. The van der Waals surface area contributed by atoms with Crippen molar-refractivity contribution in [3.63, 3.8) is 0 Å². The minimum absolute atomic E-state index is 0.282. The molecule has 4 nitrogen and oxygen atoms in total. The summed E-state index contributed by atoms with van der Waals surface area (Å²) >= 11 is 0. The Morgan fingerprint density at radius 3 is 2.27 bits per heavy atom. The first-order valence-electron chi connectivity index (χ1n) is 7.55. The van der Waals surface area contributed by atoms with Gasteiger partial charge in [0.25, 0.3) is 0 Å². The molecule has 2 aromatic carbocycles. The number of benzene rings is 2. The van der Waals surface area contributed by atoms with E-state index in [0.29, 0.717) is 13.0 Å². The van der Waals surface area contributed by atoms with E-state index in [2.05, 4.69) is 10.2 Å². The van der Waals surface area contributed by atoms with Gasteiger partial charge < -0.3 is 21.1 Å². The Bertz CT molecular complexity index is 554. The van der Waals surface area contributed by atoms with Gasteiger partial charge in [-0.25, -0.2) is 0 Å². The van der Waals surface area contributed by atoms with Gasteiger partial charge >= 0.3 is 0 Å². The van der Waals surface area contributed by atoms with E-state index >= 15 is 0 Å². The molecule has 0 saturated carbocycles. The van der Waals surface area contributed by atoms with Crippen LogP contribution in [-0.2, 0) is 6.42 Å². The van der Waals surface area contributed by atoms with Crippen LogP contribution in [0.3, 0.4) is 0 Å². The monoisotopic (exact) mass is 299 g/mol. The van der Waals surface area contributed by atoms with Gasteiger partial charge in [0.05, 0.1) is 6.10 Å². The molecule has 0 amide bonds. The number of nitrogens with zero attached hydrogens (tertiary/aromatic N) is 1. The van der Waals surface area contributed by atoms with E-state index in [1.807, 2.05) is 68.7 Å². The van der Waals surface area contributed by atoms with Gasteiger partial charge in [0, 0.05) is 38.1 Å². The Morgan fingerprint density at radius 2 is 1.68 bits per heavy atom. The molecule has 2 rings (SSSR count). The molecule has 2 aromatic rings. The molecule has 118 valence electrons. The summed E-state index contributed by atoms with van der Waals surface area (Å²) in [7, 11) is 4.02. The van der Waals surface area contributed by atoms with Crippen molar-refractivity contribution in [2.75, 3.05) is 30.9 Å². The maximum Gasteiger partial charge on any atom is 0.0866 e. The second-order valence-corrected chi connectivity index (χ2v) is 5.74. The smallest absolute Gasteiger partial charge is 0.0866 e. The molecule has 0 aliphatic heterocycles. The van der Waals surface area contributed by atoms with Crippen LogP contribution in [0.25, 0.3) is 0 Å². The minimum atomic E-state index is -0.589. The van der Waals surface area contributed by atoms with Crippen LogP contribution in [0.1, 0.15) is 5.56 Å². The maximum absolute atomic E-state index is 10.2. The minimum Gasteiger partial charge on any atom is -0.390 e. The van der Waals surface area contributed by atoms with Gasteiger partial charge in [0.1, 0.15) is 0 Å². The lowest BCUT2D eigenvalue weighted by Gasteiger charge is -2.20. The van der Waals surface area contributed by atoms with Crippen LogP contribution in [0.4, 0.5) is 11.4 Å². The highest BCUT2D eigenvalue weighted by atomic mass is 16.3. The molecule has 2 atom stereocenters. The number of anilines is 2. The van der Waals surface area contributed by atoms with E-state index in [1.54, 1.807) is 0 Å². The second-order valence-electron chi connectivity index (χ2n) is 5.74. The predicted molar refractivity (Wildman–Crippen MR) is 93.4 cm³/mol. The van der Waals surface area contributed by atoms with E-state index < -0.39 is 6.10 Å². The van der Waals surface area contributed by atoms with E-state index in [-0.39, 0.29) is 6.04 Å². The highest BCUT2D eigenvalue weighted by molar-refractivity contribution is 5.54. The van der Waals surface area contributed by atoms with Crippen molar-refractivity contribution in [1.29, 1.82) is 0 Å². The Hall–Kier alpha value is -2.04. The topological polar surface area (TPSA) is 61.5 Å². The number of nitrogens with two attached hydrogens (primary N) is 1. The van der Waals surface area contributed by atoms with E-state index in [1.165, 1.54) is 0 Å². The number of aliphatic hydroxyl groups is 1. The number of hydrogen-bond donors (Lipinski definition) is 3. The molecule has 0 aliphatic rings. The molecule has 0 aliphatic carbocycles. The molecular weight excluding hydrogens is 274 g/mol. The molecule has 0 radical (unpaired) electrons. The maximum atomic E-state index is 10.2. The summed E-state index contributed by atoms with van der Waals surface area (Å²) in [5.74, 6) is 0. The third-order valence-corrected chi connectivity index (χ3v) is 3.71. The lowest BCUT2D eigenvalue weighted by molar-refractivity contribution is 0.156. The fraction of sp³-hybridized carbons (Fsp3) is 0.333. The van der Waals surface area contributed by atoms with Crippen molar-refractivity contribution in [2.24, 2.45) is 5.73 Å². The lowest BCUT2D eigenvalue weighted by Crippen LogP contribution is -2.41. The van der Waals surface area contributed by atoms with Gasteiger partial charge in [0.2, 0.25) is 0 Å². The molecule has 0 heterocycles. The van der Waals surface area contributed by atoms with Crippen molar-refractivity contribution in [2.45, 2.75) is 18.6 Å². The standard InChI is InChI=1S/C18H25N3O/c1-21(2)16-10-8-15(9-11-16)20-13-18(22)17(19)12-14-6-4-3-5-7-14/h3-11,17-18,20,22H,12-13,19H2,1-2H3/t17-,18+/m0/s1. The Balaban J connectivity index is 1.82. The average molecular weight is 299 g/mol. The second kappa shape index (κ2) is 7.82. The quantitative estimate of drug-likeness (QED) is 0.733. The number of nitrogens with one attached hydrogen (secondary N) is 1. The van der Waals surface area contributed by atoms with Gasteiger partial charge in [-0.2, -0.15) is 0 Å². The third kappa shape index (κ3) is 4.76. The SMILES string of the molecule is CN(C)c1ccc(NC[C@@H](O)[C@@H](N)Cc2ccccc2)cc1. The summed E-state index contributed by atoms with van der Waals surface area (Å²) in [4.78, 5) is 2.05. The lowest BCUT2D eigenvalue weighted by atomic mass is 10.0. The fourth-order valence-corrected chi connectivity index (χ4v) is 2.27. The van der Waals surface area contributed by atoms with Crippen LogP contribution >= 0.6 is 0 Å². The highest BCUT2D eigenvalue weighted by Crippen LogP contribution is 2.15. The summed E-state index contributed by atoms with van der Waals surface area (Å²) in [6.45, 7) is 0.440. The zero-order chi connectivity index (χ0) is 15.9. The normalized spacial score (nSPS) is 13.5. The molecule has 4 heteroatoms. The number of rotatable bonds is 7. The summed E-state index contributed by atoms with van der Waals surface area (Å²) in [6, 6.07) is 17.8. The van der Waals surface area contributed by atoms with Crippen LogP contribution in [0.15, 0.2) is 54.6 Å². The van der Waals surface area contributed by atoms with Crippen molar-refractivity contribution in [3.8, 4) is 0 Å².